The number of benzene rings is 2. The topological polar surface area (TPSA) is 37.3 Å². The third-order valence-corrected chi connectivity index (χ3v) is 2.96. The number of carboxylic acid groups (broad SMARTS) is 1. The number of rotatable bonds is 3. The maximum absolute atomic E-state index is 13.9. The minimum atomic E-state index is -1.75. The predicted octanol–water partition coefficient (Wildman–Crippen LogP) is 4.80. The summed E-state index contributed by atoms with van der Waals surface area (Å²) in [5, 5.41) is 9.03. The van der Waals surface area contributed by atoms with Gasteiger partial charge in [-0.1, -0.05) is 24.3 Å². The fourth-order valence-corrected chi connectivity index (χ4v) is 2.02. The van der Waals surface area contributed by atoms with E-state index in [1.165, 1.54) is 37.3 Å². The van der Waals surface area contributed by atoms with Crippen LogP contribution < -0.4 is 0 Å². The fraction of sp³-hybridized carbons (Fsp3) is 0.0625. The van der Waals surface area contributed by atoms with E-state index in [4.69, 9.17) is 5.11 Å². The highest BCUT2D eigenvalue weighted by molar-refractivity contribution is 5.96. The van der Waals surface area contributed by atoms with Crippen LogP contribution in [-0.4, -0.2) is 11.1 Å². The second-order valence-corrected chi connectivity index (χ2v) is 4.57. The van der Waals surface area contributed by atoms with Gasteiger partial charge in [0, 0.05) is 5.56 Å². The Morgan fingerprint density at radius 3 is 2.18 bits per heavy atom. The SMILES string of the molecule is CC(F)=Cc1ccc(-c2c(C(=O)O)cc(F)c(F)c2F)cc1. The van der Waals surface area contributed by atoms with E-state index in [1.54, 1.807) is 0 Å². The molecular formula is C16H10F4O2. The largest absolute Gasteiger partial charge is 0.478 e. The zero-order valence-electron chi connectivity index (χ0n) is 11.3. The van der Waals surface area contributed by atoms with Crippen LogP contribution in [0.5, 0.6) is 0 Å². The van der Waals surface area contributed by atoms with E-state index in [2.05, 4.69) is 0 Å². The molecule has 0 unspecified atom stereocenters. The second-order valence-electron chi connectivity index (χ2n) is 4.57. The summed E-state index contributed by atoms with van der Waals surface area (Å²) in [5.74, 6) is -6.94. The summed E-state index contributed by atoms with van der Waals surface area (Å²) >= 11 is 0. The first-order chi connectivity index (χ1) is 10.3. The van der Waals surface area contributed by atoms with Crippen LogP contribution in [0.4, 0.5) is 17.6 Å². The van der Waals surface area contributed by atoms with Crippen LogP contribution in [0.15, 0.2) is 36.2 Å². The van der Waals surface area contributed by atoms with E-state index < -0.39 is 40.4 Å². The number of halogens is 4. The van der Waals surface area contributed by atoms with E-state index in [0.29, 0.717) is 11.6 Å². The van der Waals surface area contributed by atoms with Gasteiger partial charge in [-0.15, -0.1) is 0 Å². The first kappa shape index (κ1) is 15.8. The Morgan fingerprint density at radius 1 is 1.09 bits per heavy atom. The molecule has 0 atom stereocenters. The molecule has 0 aliphatic heterocycles. The number of aromatic carboxylic acids is 1. The van der Waals surface area contributed by atoms with Gasteiger partial charge in [-0.05, 0) is 30.2 Å². The van der Waals surface area contributed by atoms with Crippen molar-refractivity contribution in [3.63, 3.8) is 0 Å². The van der Waals surface area contributed by atoms with Gasteiger partial charge in [-0.25, -0.2) is 22.4 Å². The van der Waals surface area contributed by atoms with Crippen molar-refractivity contribution < 1.29 is 27.5 Å². The van der Waals surface area contributed by atoms with Gasteiger partial charge < -0.3 is 5.11 Å². The molecule has 6 heteroatoms. The van der Waals surface area contributed by atoms with Gasteiger partial charge in [-0.3, -0.25) is 0 Å². The summed E-state index contributed by atoms with van der Waals surface area (Å²) in [6.07, 6.45) is 1.21. The lowest BCUT2D eigenvalue weighted by Gasteiger charge is -2.10. The summed E-state index contributed by atoms with van der Waals surface area (Å²) in [6, 6.07) is 5.85. The highest BCUT2D eigenvalue weighted by Gasteiger charge is 2.23. The minimum Gasteiger partial charge on any atom is -0.478 e. The molecule has 22 heavy (non-hydrogen) atoms. The summed E-state index contributed by atoms with van der Waals surface area (Å²) in [5.41, 5.74) is -0.744. The molecule has 1 N–H and O–H groups in total. The maximum Gasteiger partial charge on any atom is 0.336 e. The van der Waals surface area contributed by atoms with Crippen molar-refractivity contribution in [2.24, 2.45) is 0 Å². The van der Waals surface area contributed by atoms with E-state index in [0.717, 1.165) is 0 Å². The number of hydrogen-bond acceptors (Lipinski definition) is 1. The zero-order chi connectivity index (χ0) is 16.4. The quantitative estimate of drug-likeness (QED) is 0.653. The molecule has 0 aliphatic rings. The molecule has 0 radical (unpaired) electrons. The fourth-order valence-electron chi connectivity index (χ4n) is 2.02. The molecule has 2 aromatic carbocycles. The Bertz CT molecular complexity index is 761. The van der Waals surface area contributed by atoms with E-state index in [9.17, 15) is 22.4 Å². The Kier molecular flexibility index (Phi) is 4.30. The van der Waals surface area contributed by atoms with Gasteiger partial charge in [0.2, 0.25) is 0 Å². The molecule has 0 bridgehead atoms. The average molecular weight is 310 g/mol. The Morgan fingerprint density at radius 2 is 1.68 bits per heavy atom. The van der Waals surface area contributed by atoms with Crippen LogP contribution in [0.3, 0.4) is 0 Å². The second kappa shape index (κ2) is 6.01. The summed E-state index contributed by atoms with van der Waals surface area (Å²) in [6.45, 7) is 1.24. The molecule has 2 rings (SSSR count). The first-order valence-electron chi connectivity index (χ1n) is 6.16. The third-order valence-electron chi connectivity index (χ3n) is 2.96. The van der Waals surface area contributed by atoms with E-state index in [-0.39, 0.29) is 5.56 Å². The van der Waals surface area contributed by atoms with Gasteiger partial charge >= 0.3 is 5.97 Å². The van der Waals surface area contributed by atoms with Gasteiger partial charge in [0.1, 0.15) is 0 Å². The average Bonchev–Trinajstić information content (AvgIpc) is 2.45. The molecule has 0 spiro atoms. The zero-order valence-corrected chi connectivity index (χ0v) is 11.3. The van der Waals surface area contributed by atoms with Crippen LogP contribution in [0.2, 0.25) is 0 Å². The van der Waals surface area contributed by atoms with Crippen LogP contribution in [0.25, 0.3) is 17.2 Å². The van der Waals surface area contributed by atoms with Crippen LogP contribution in [0, 0.1) is 17.5 Å². The predicted molar refractivity (Wildman–Crippen MR) is 73.5 cm³/mol. The summed E-state index contributed by atoms with van der Waals surface area (Å²) in [7, 11) is 0. The van der Waals surface area contributed by atoms with Gasteiger partial charge in [0.15, 0.2) is 17.5 Å². The van der Waals surface area contributed by atoms with E-state index in [1.807, 2.05) is 0 Å². The molecular weight excluding hydrogens is 300 g/mol. The minimum absolute atomic E-state index is 0.0439. The third kappa shape index (κ3) is 3.00. The molecule has 0 saturated heterocycles. The maximum atomic E-state index is 13.9. The molecule has 2 aromatic rings. The van der Waals surface area contributed by atoms with Gasteiger partial charge in [0.25, 0.3) is 0 Å². The smallest absolute Gasteiger partial charge is 0.336 e. The number of allylic oxidation sites excluding steroid dienone is 1. The number of hydrogen-bond donors (Lipinski definition) is 1. The lowest BCUT2D eigenvalue weighted by atomic mass is 9.97. The summed E-state index contributed by atoms with van der Waals surface area (Å²) < 4.78 is 53.2. The Hall–Kier alpha value is -2.63. The molecule has 2 nitrogen and oxygen atoms in total. The van der Waals surface area contributed by atoms with E-state index >= 15 is 0 Å². The van der Waals surface area contributed by atoms with Crippen LogP contribution in [-0.2, 0) is 0 Å². The molecule has 0 aromatic heterocycles. The molecule has 0 saturated carbocycles. The lowest BCUT2D eigenvalue weighted by Crippen LogP contribution is -2.06. The molecule has 0 amide bonds. The van der Waals surface area contributed by atoms with Crippen molar-refractivity contribution in [3.05, 3.63) is 64.7 Å². The van der Waals surface area contributed by atoms with Crippen molar-refractivity contribution in [1.29, 1.82) is 0 Å². The van der Waals surface area contributed by atoms with Crippen molar-refractivity contribution >= 4 is 12.0 Å². The van der Waals surface area contributed by atoms with Crippen molar-refractivity contribution in [3.8, 4) is 11.1 Å². The van der Waals surface area contributed by atoms with Gasteiger partial charge in [0.05, 0.1) is 11.4 Å². The molecule has 0 heterocycles. The summed E-state index contributed by atoms with van der Waals surface area (Å²) in [4.78, 5) is 11.1. The first-order valence-corrected chi connectivity index (χ1v) is 6.16. The number of carbonyl (C=O) groups is 1. The monoisotopic (exact) mass is 310 g/mol. The molecule has 0 aliphatic carbocycles. The number of carboxylic acids is 1. The van der Waals surface area contributed by atoms with Crippen molar-refractivity contribution in [1.82, 2.24) is 0 Å². The van der Waals surface area contributed by atoms with Gasteiger partial charge in [-0.2, -0.15) is 0 Å². The van der Waals surface area contributed by atoms with Crippen LogP contribution >= 0.6 is 0 Å². The molecule has 0 fully saturated rings. The lowest BCUT2D eigenvalue weighted by molar-refractivity contribution is 0.0696. The molecule has 114 valence electrons. The highest BCUT2D eigenvalue weighted by atomic mass is 19.2. The standard InChI is InChI=1S/C16H10F4O2/c1-8(17)6-9-2-4-10(5-3-9)13-11(16(21)22)7-12(18)14(19)15(13)20/h2-7H,1H3,(H,21,22). The van der Waals surface area contributed by atoms with Crippen molar-refractivity contribution in [2.75, 3.05) is 0 Å². The Balaban J connectivity index is 2.64. The normalized spacial score (nSPS) is 11.6. The highest BCUT2D eigenvalue weighted by Crippen LogP contribution is 2.30. The Labute approximate surface area is 123 Å². The van der Waals surface area contributed by atoms with Crippen LogP contribution in [0.1, 0.15) is 22.8 Å². The van der Waals surface area contributed by atoms with Crippen molar-refractivity contribution in [2.45, 2.75) is 6.92 Å².